The van der Waals surface area contributed by atoms with Gasteiger partial charge in [0.25, 0.3) is 5.91 Å². The first-order valence-electron chi connectivity index (χ1n) is 5.37. The molecule has 0 aliphatic carbocycles. The molecule has 88 valence electrons. The van der Waals surface area contributed by atoms with Gasteiger partial charge in [0.1, 0.15) is 0 Å². The van der Waals surface area contributed by atoms with E-state index >= 15 is 0 Å². The molecule has 4 nitrogen and oxygen atoms in total. The number of carbonyl (C=O) groups excluding carboxylic acids is 1. The number of nitrogens with one attached hydrogen (secondary N) is 1. The van der Waals surface area contributed by atoms with Gasteiger partial charge in [-0.1, -0.05) is 0 Å². The van der Waals surface area contributed by atoms with Crippen LogP contribution in [-0.2, 0) is 4.74 Å². The van der Waals surface area contributed by atoms with E-state index in [9.17, 15) is 4.79 Å². The number of ether oxygens (including phenoxy) is 1. The summed E-state index contributed by atoms with van der Waals surface area (Å²) in [4.78, 5) is 11.7. The Hall–Kier alpha value is -1.55. The fraction of sp³-hybridized carbons (Fsp3) is 0.417. The van der Waals surface area contributed by atoms with Gasteiger partial charge in [0.05, 0.1) is 6.61 Å². The van der Waals surface area contributed by atoms with Gasteiger partial charge in [-0.25, -0.2) is 0 Å². The lowest BCUT2D eigenvalue weighted by molar-refractivity contribution is 0.0872. The Kier molecular flexibility index (Phi) is 4.79. The number of nitrogens with two attached hydrogens (primary N) is 1. The highest BCUT2D eigenvalue weighted by Crippen LogP contribution is 2.05. The van der Waals surface area contributed by atoms with E-state index in [1.165, 1.54) is 0 Å². The summed E-state index contributed by atoms with van der Waals surface area (Å²) in [6.45, 7) is 5.01. The van der Waals surface area contributed by atoms with Gasteiger partial charge in [-0.3, -0.25) is 4.79 Å². The van der Waals surface area contributed by atoms with Gasteiger partial charge in [-0.15, -0.1) is 0 Å². The van der Waals surface area contributed by atoms with Crippen LogP contribution in [0.2, 0.25) is 0 Å². The van der Waals surface area contributed by atoms with E-state index in [4.69, 9.17) is 10.5 Å². The van der Waals surface area contributed by atoms with E-state index in [0.29, 0.717) is 24.5 Å². The van der Waals surface area contributed by atoms with E-state index in [1.54, 1.807) is 24.3 Å². The van der Waals surface area contributed by atoms with Crippen molar-refractivity contribution in [2.24, 2.45) is 0 Å². The third-order valence-corrected chi connectivity index (χ3v) is 2.12. The van der Waals surface area contributed by atoms with Crippen LogP contribution in [0.4, 0.5) is 5.69 Å². The highest BCUT2D eigenvalue weighted by molar-refractivity contribution is 5.94. The fourth-order valence-corrected chi connectivity index (χ4v) is 1.28. The predicted octanol–water partition coefficient (Wildman–Crippen LogP) is 1.42. The minimum atomic E-state index is -0.104. The number of nitrogen functional groups attached to an aromatic ring is 1. The van der Waals surface area contributed by atoms with Gasteiger partial charge in [-0.05, 0) is 38.1 Å². The largest absolute Gasteiger partial charge is 0.399 e. The van der Waals surface area contributed by atoms with Crippen LogP contribution in [0.15, 0.2) is 24.3 Å². The van der Waals surface area contributed by atoms with Crippen LogP contribution in [0.1, 0.15) is 24.2 Å². The topological polar surface area (TPSA) is 64.3 Å². The summed E-state index contributed by atoms with van der Waals surface area (Å²) in [6.07, 6.45) is 0. The highest BCUT2D eigenvalue weighted by atomic mass is 16.5. The Labute approximate surface area is 95.8 Å². The first-order valence-corrected chi connectivity index (χ1v) is 5.37. The van der Waals surface area contributed by atoms with Crippen molar-refractivity contribution in [3.63, 3.8) is 0 Å². The SMILES string of the molecule is CCOCC(C)NC(=O)c1ccc(N)cc1. The Bertz CT molecular complexity index is 335. The molecule has 1 aromatic rings. The van der Waals surface area contributed by atoms with Crippen molar-refractivity contribution < 1.29 is 9.53 Å². The molecule has 1 amide bonds. The quantitative estimate of drug-likeness (QED) is 0.741. The maximum absolute atomic E-state index is 11.7. The van der Waals surface area contributed by atoms with Crippen LogP contribution in [0.5, 0.6) is 0 Å². The molecule has 0 heterocycles. The Morgan fingerprint density at radius 3 is 2.62 bits per heavy atom. The van der Waals surface area contributed by atoms with E-state index in [-0.39, 0.29) is 11.9 Å². The van der Waals surface area contributed by atoms with Gasteiger partial charge in [0, 0.05) is 23.9 Å². The zero-order valence-corrected chi connectivity index (χ0v) is 9.69. The zero-order valence-electron chi connectivity index (χ0n) is 9.69. The second kappa shape index (κ2) is 6.12. The molecule has 1 rings (SSSR count). The third kappa shape index (κ3) is 3.90. The number of benzene rings is 1. The summed E-state index contributed by atoms with van der Waals surface area (Å²) < 4.78 is 5.22. The van der Waals surface area contributed by atoms with E-state index in [1.807, 2.05) is 13.8 Å². The first-order chi connectivity index (χ1) is 7.63. The lowest BCUT2D eigenvalue weighted by atomic mass is 10.2. The summed E-state index contributed by atoms with van der Waals surface area (Å²) >= 11 is 0. The van der Waals surface area contributed by atoms with E-state index in [0.717, 1.165) is 0 Å². The molecule has 0 aromatic heterocycles. The Balaban J connectivity index is 2.48. The second-order valence-electron chi connectivity index (χ2n) is 3.66. The second-order valence-corrected chi connectivity index (χ2v) is 3.66. The van der Waals surface area contributed by atoms with Crippen molar-refractivity contribution >= 4 is 11.6 Å². The molecule has 0 aliphatic rings. The Morgan fingerprint density at radius 1 is 1.44 bits per heavy atom. The molecule has 0 saturated carbocycles. The van der Waals surface area contributed by atoms with Crippen LogP contribution in [0, 0.1) is 0 Å². The molecule has 0 radical (unpaired) electrons. The Morgan fingerprint density at radius 2 is 2.06 bits per heavy atom. The minimum absolute atomic E-state index is 0.00463. The van der Waals surface area contributed by atoms with Gasteiger partial charge in [0.2, 0.25) is 0 Å². The minimum Gasteiger partial charge on any atom is -0.399 e. The monoisotopic (exact) mass is 222 g/mol. The molecule has 0 saturated heterocycles. The third-order valence-electron chi connectivity index (χ3n) is 2.12. The van der Waals surface area contributed by atoms with Crippen LogP contribution in [0.25, 0.3) is 0 Å². The van der Waals surface area contributed by atoms with Crippen LogP contribution in [0.3, 0.4) is 0 Å². The normalized spacial score (nSPS) is 12.1. The summed E-state index contributed by atoms with van der Waals surface area (Å²) in [7, 11) is 0. The van der Waals surface area contributed by atoms with Gasteiger partial charge < -0.3 is 15.8 Å². The molecule has 0 aliphatic heterocycles. The van der Waals surface area contributed by atoms with Crippen molar-refractivity contribution in [1.82, 2.24) is 5.32 Å². The predicted molar refractivity (Wildman–Crippen MR) is 64.3 cm³/mol. The van der Waals surface area contributed by atoms with Crippen molar-refractivity contribution in [2.75, 3.05) is 18.9 Å². The standard InChI is InChI=1S/C12H18N2O2/c1-3-16-8-9(2)14-12(15)10-4-6-11(13)7-5-10/h4-7,9H,3,8,13H2,1-2H3,(H,14,15). The smallest absolute Gasteiger partial charge is 0.251 e. The average molecular weight is 222 g/mol. The molecule has 0 fully saturated rings. The average Bonchev–Trinajstić information content (AvgIpc) is 2.27. The number of rotatable bonds is 5. The fourth-order valence-electron chi connectivity index (χ4n) is 1.28. The lowest BCUT2D eigenvalue weighted by Crippen LogP contribution is -2.35. The molecule has 3 N–H and O–H groups in total. The van der Waals surface area contributed by atoms with E-state index < -0.39 is 0 Å². The van der Waals surface area contributed by atoms with Crippen LogP contribution < -0.4 is 11.1 Å². The number of hydrogen-bond donors (Lipinski definition) is 2. The summed E-state index contributed by atoms with van der Waals surface area (Å²) in [5.74, 6) is -0.104. The van der Waals surface area contributed by atoms with Crippen molar-refractivity contribution in [1.29, 1.82) is 0 Å². The van der Waals surface area contributed by atoms with Gasteiger partial charge >= 0.3 is 0 Å². The van der Waals surface area contributed by atoms with Crippen LogP contribution >= 0.6 is 0 Å². The zero-order chi connectivity index (χ0) is 12.0. The number of amides is 1. The number of carbonyl (C=O) groups is 1. The molecule has 0 spiro atoms. The first kappa shape index (κ1) is 12.5. The highest BCUT2D eigenvalue weighted by Gasteiger charge is 2.08. The number of anilines is 1. The lowest BCUT2D eigenvalue weighted by Gasteiger charge is -2.13. The van der Waals surface area contributed by atoms with Crippen molar-refractivity contribution in [3.8, 4) is 0 Å². The molecule has 1 aromatic carbocycles. The van der Waals surface area contributed by atoms with Gasteiger partial charge in [0.15, 0.2) is 0 Å². The molecular formula is C12H18N2O2. The molecular weight excluding hydrogens is 204 g/mol. The van der Waals surface area contributed by atoms with Gasteiger partial charge in [-0.2, -0.15) is 0 Å². The molecule has 1 atom stereocenters. The molecule has 16 heavy (non-hydrogen) atoms. The van der Waals surface area contributed by atoms with Crippen LogP contribution in [-0.4, -0.2) is 25.2 Å². The maximum Gasteiger partial charge on any atom is 0.251 e. The van der Waals surface area contributed by atoms with Crippen molar-refractivity contribution in [2.45, 2.75) is 19.9 Å². The van der Waals surface area contributed by atoms with Crippen molar-refractivity contribution in [3.05, 3.63) is 29.8 Å². The summed E-state index contributed by atoms with van der Waals surface area (Å²) in [5, 5.41) is 2.85. The maximum atomic E-state index is 11.7. The molecule has 0 bridgehead atoms. The van der Waals surface area contributed by atoms with E-state index in [2.05, 4.69) is 5.32 Å². The molecule has 4 heteroatoms. The summed E-state index contributed by atoms with van der Waals surface area (Å²) in [6, 6.07) is 6.84. The molecule has 1 unspecified atom stereocenters. The number of hydrogen-bond acceptors (Lipinski definition) is 3. The summed E-state index contributed by atoms with van der Waals surface area (Å²) in [5.41, 5.74) is 6.80.